The van der Waals surface area contributed by atoms with Crippen LogP contribution in [-0.4, -0.2) is 54.2 Å². The largest absolute Gasteiger partial charge is 0.491 e. The van der Waals surface area contributed by atoms with Crippen LogP contribution >= 0.6 is 0 Å². The molecule has 2 heterocycles. The number of nitrogens with one attached hydrogen (secondary N) is 1. The number of carboxylic acid groups (broad SMARTS) is 1. The van der Waals surface area contributed by atoms with Gasteiger partial charge >= 0.3 is 5.97 Å². The van der Waals surface area contributed by atoms with E-state index in [0.29, 0.717) is 17.1 Å². The molecule has 0 aliphatic carbocycles. The van der Waals surface area contributed by atoms with Gasteiger partial charge in [-0.3, -0.25) is 9.59 Å². The van der Waals surface area contributed by atoms with E-state index in [1.807, 2.05) is 0 Å². The molecule has 0 spiro atoms. The predicted molar refractivity (Wildman–Crippen MR) is 164 cm³/mol. The smallest absolute Gasteiger partial charge is 0.309 e. The summed E-state index contributed by atoms with van der Waals surface area (Å²) in [5.41, 5.74) is 7.18. The molecule has 10 nitrogen and oxygen atoms in total. The van der Waals surface area contributed by atoms with E-state index in [9.17, 15) is 27.5 Å². The number of aromatic nitrogens is 1. The molecular weight excluding hydrogens is 587 g/mol. The Morgan fingerprint density at radius 3 is 2.64 bits per heavy atom. The van der Waals surface area contributed by atoms with E-state index in [-0.39, 0.29) is 41.5 Å². The number of nitrogens with two attached hydrogens (primary N) is 1. The van der Waals surface area contributed by atoms with Crippen molar-refractivity contribution in [2.24, 2.45) is 5.92 Å². The molecule has 5 rings (SSSR count). The molecule has 0 unspecified atom stereocenters. The number of benzene rings is 3. The van der Waals surface area contributed by atoms with Crippen LogP contribution in [0.5, 0.6) is 5.75 Å². The molecule has 0 radical (unpaired) electrons. The van der Waals surface area contributed by atoms with E-state index in [1.54, 1.807) is 55.6 Å². The lowest BCUT2D eigenvalue weighted by Crippen LogP contribution is -2.39. The van der Waals surface area contributed by atoms with Gasteiger partial charge in [-0.25, -0.2) is 17.8 Å². The lowest BCUT2D eigenvalue weighted by Gasteiger charge is -2.32. The van der Waals surface area contributed by atoms with Gasteiger partial charge in [-0.15, -0.1) is 0 Å². The summed E-state index contributed by atoms with van der Waals surface area (Å²) in [6.07, 6.45) is 1.69. The monoisotopic (exact) mass is 620 g/mol. The Kier molecular flexibility index (Phi) is 8.73. The van der Waals surface area contributed by atoms with Crippen LogP contribution in [0.25, 0.3) is 10.8 Å². The normalized spacial score (nSPS) is 17.4. The minimum atomic E-state index is -3.75. The molecule has 3 atom stereocenters. The first-order valence-electron chi connectivity index (χ1n) is 14.2. The van der Waals surface area contributed by atoms with Gasteiger partial charge in [-0.2, -0.15) is 0 Å². The quantitative estimate of drug-likeness (QED) is 0.223. The molecule has 0 bridgehead atoms. The fraction of sp³-hybridized carbons (Fsp3) is 0.281. The highest BCUT2D eigenvalue weighted by Gasteiger charge is 2.45. The van der Waals surface area contributed by atoms with Gasteiger partial charge in [-0.05, 0) is 72.3 Å². The molecule has 12 heteroatoms. The number of rotatable bonds is 10. The van der Waals surface area contributed by atoms with Gasteiger partial charge in [-0.1, -0.05) is 31.2 Å². The average molecular weight is 621 g/mol. The maximum Gasteiger partial charge on any atom is 0.309 e. The lowest BCUT2D eigenvalue weighted by molar-refractivity contribution is -0.143. The van der Waals surface area contributed by atoms with Crippen molar-refractivity contribution >= 4 is 44.0 Å². The maximum absolute atomic E-state index is 14.6. The topological polar surface area (TPSA) is 152 Å². The van der Waals surface area contributed by atoms with Crippen LogP contribution in [0, 0.1) is 11.7 Å². The minimum absolute atomic E-state index is 0.0101. The summed E-state index contributed by atoms with van der Waals surface area (Å²) in [5, 5.41) is 14.9. The Labute approximate surface area is 254 Å². The van der Waals surface area contributed by atoms with E-state index in [2.05, 4.69) is 10.3 Å². The zero-order valence-electron chi connectivity index (χ0n) is 24.2. The number of hydrogen-bond acceptors (Lipinski definition) is 8. The number of pyridine rings is 1. The SMILES string of the molecule is CCOc1cc([C@@H](Nc2ccc3c(N)nccc3c2)C(=O)N2CC[C@H](C(=O)O)[C@@H]2c2ccccc2S(=O)(=O)CC)ccc1F. The Balaban J connectivity index is 1.62. The van der Waals surface area contributed by atoms with E-state index in [4.69, 9.17) is 10.5 Å². The Morgan fingerprint density at radius 1 is 1.14 bits per heavy atom. The summed E-state index contributed by atoms with van der Waals surface area (Å²) in [6, 6.07) is 15.2. The second kappa shape index (κ2) is 12.5. The number of ether oxygens (including phenoxy) is 1. The molecule has 1 amide bonds. The number of halogens is 1. The van der Waals surface area contributed by atoms with Crippen LogP contribution in [0.15, 0.2) is 77.8 Å². The summed E-state index contributed by atoms with van der Waals surface area (Å²) in [7, 11) is -3.75. The minimum Gasteiger partial charge on any atom is -0.491 e. The number of amides is 1. The third-order valence-electron chi connectivity index (χ3n) is 7.89. The lowest BCUT2D eigenvalue weighted by atomic mass is 9.93. The van der Waals surface area contributed by atoms with Gasteiger partial charge in [0.1, 0.15) is 11.9 Å². The number of aliphatic carboxylic acids is 1. The van der Waals surface area contributed by atoms with Crippen LogP contribution in [0.4, 0.5) is 15.9 Å². The molecule has 0 saturated carbocycles. The Hall–Kier alpha value is -4.71. The third-order valence-corrected chi connectivity index (χ3v) is 9.69. The number of nitrogens with zero attached hydrogens (tertiary/aromatic N) is 2. The second-order valence-corrected chi connectivity index (χ2v) is 12.7. The zero-order chi connectivity index (χ0) is 31.6. The zero-order valence-corrected chi connectivity index (χ0v) is 25.1. The van der Waals surface area contributed by atoms with Crippen LogP contribution in [0.2, 0.25) is 0 Å². The summed E-state index contributed by atoms with van der Waals surface area (Å²) in [4.78, 5) is 32.5. The molecule has 4 aromatic rings. The summed E-state index contributed by atoms with van der Waals surface area (Å²) >= 11 is 0. The van der Waals surface area contributed by atoms with Crippen LogP contribution < -0.4 is 15.8 Å². The van der Waals surface area contributed by atoms with Crippen LogP contribution in [0.1, 0.15) is 43.5 Å². The molecule has 44 heavy (non-hydrogen) atoms. The highest BCUT2D eigenvalue weighted by Crippen LogP contribution is 2.42. The maximum atomic E-state index is 14.6. The number of carboxylic acids is 1. The Bertz CT molecular complexity index is 1830. The molecule has 230 valence electrons. The van der Waals surface area contributed by atoms with Crippen molar-refractivity contribution in [1.29, 1.82) is 0 Å². The highest BCUT2D eigenvalue weighted by atomic mass is 32.2. The summed E-state index contributed by atoms with van der Waals surface area (Å²) < 4.78 is 46.2. The van der Waals surface area contributed by atoms with Gasteiger partial charge in [0.05, 0.1) is 29.2 Å². The molecule has 4 N–H and O–H groups in total. The number of anilines is 2. The van der Waals surface area contributed by atoms with Gasteiger partial charge in [0.15, 0.2) is 21.4 Å². The standard InChI is InChI=1S/C32H33FN4O6S/c1-3-43-26-18-20(9-12-25(26)33)28(36-21-10-11-22-19(17-21)13-15-35-30(22)34)31(38)37-16-14-24(32(39)40)29(37)23-7-5-6-8-27(23)44(41,42)4-2/h5-13,15,17-18,24,28-29,36H,3-4,14,16H2,1-2H3,(H2,34,35)(H,39,40)/t24-,28+,29-/m0/s1. The van der Waals surface area contributed by atoms with E-state index < -0.39 is 45.5 Å². The first-order valence-corrected chi connectivity index (χ1v) is 15.9. The van der Waals surface area contributed by atoms with Crippen molar-refractivity contribution in [2.45, 2.75) is 37.2 Å². The molecule has 3 aromatic carbocycles. The van der Waals surface area contributed by atoms with Crippen molar-refractivity contribution in [1.82, 2.24) is 9.88 Å². The molecule has 1 aliphatic rings. The first kappa shape index (κ1) is 30.7. The van der Waals surface area contributed by atoms with E-state index in [0.717, 1.165) is 10.8 Å². The molecule has 1 aromatic heterocycles. The van der Waals surface area contributed by atoms with Gasteiger partial charge in [0.2, 0.25) is 5.91 Å². The number of hydrogen-bond donors (Lipinski definition) is 3. The number of likely N-dealkylation sites (tertiary alicyclic amines) is 1. The number of sulfone groups is 1. The van der Waals surface area contributed by atoms with Crippen LogP contribution in [-0.2, 0) is 19.4 Å². The molecule has 1 aliphatic heterocycles. The predicted octanol–water partition coefficient (Wildman–Crippen LogP) is 4.98. The highest BCUT2D eigenvalue weighted by molar-refractivity contribution is 7.91. The average Bonchev–Trinajstić information content (AvgIpc) is 3.47. The first-order chi connectivity index (χ1) is 21.1. The third kappa shape index (κ3) is 5.89. The second-order valence-electron chi connectivity index (χ2n) is 10.5. The van der Waals surface area contributed by atoms with Crippen molar-refractivity contribution in [2.75, 3.05) is 30.0 Å². The van der Waals surface area contributed by atoms with E-state index in [1.165, 1.54) is 36.1 Å². The molecular formula is C32H33FN4O6S. The van der Waals surface area contributed by atoms with E-state index >= 15 is 0 Å². The fourth-order valence-electron chi connectivity index (χ4n) is 5.72. The molecule has 1 fully saturated rings. The summed E-state index contributed by atoms with van der Waals surface area (Å²) in [5.74, 6) is -3.17. The number of carbonyl (C=O) groups is 2. The van der Waals surface area contributed by atoms with Crippen molar-refractivity contribution in [3.8, 4) is 5.75 Å². The Morgan fingerprint density at radius 2 is 1.91 bits per heavy atom. The summed E-state index contributed by atoms with van der Waals surface area (Å²) in [6.45, 7) is 3.49. The van der Waals surface area contributed by atoms with Gasteiger partial charge in [0, 0.05) is 23.8 Å². The van der Waals surface area contributed by atoms with Crippen molar-refractivity contribution in [3.63, 3.8) is 0 Å². The van der Waals surface area contributed by atoms with Gasteiger partial charge < -0.3 is 25.8 Å². The number of nitrogen functional groups attached to an aromatic ring is 1. The number of carbonyl (C=O) groups excluding carboxylic acids is 1. The number of fused-ring (bicyclic) bond motifs is 1. The fourth-order valence-corrected chi connectivity index (χ4v) is 6.87. The van der Waals surface area contributed by atoms with Gasteiger partial charge in [0.25, 0.3) is 0 Å². The molecule has 1 saturated heterocycles. The van der Waals surface area contributed by atoms with Crippen molar-refractivity contribution < 1.29 is 32.2 Å². The van der Waals surface area contributed by atoms with Crippen LogP contribution in [0.3, 0.4) is 0 Å². The van der Waals surface area contributed by atoms with Crippen molar-refractivity contribution in [3.05, 3.63) is 89.9 Å².